The lowest BCUT2D eigenvalue weighted by atomic mass is 9.97. The molecule has 0 amide bonds. The second kappa shape index (κ2) is 5.24. The predicted octanol–water partition coefficient (Wildman–Crippen LogP) is 3.80. The Morgan fingerprint density at radius 3 is 2.89 bits per heavy atom. The zero-order valence-electron chi connectivity index (χ0n) is 10.9. The highest BCUT2D eigenvalue weighted by Crippen LogP contribution is 2.36. The average Bonchev–Trinajstić information content (AvgIpc) is 2.64. The highest BCUT2D eigenvalue weighted by atomic mass is 35.5. The highest BCUT2D eigenvalue weighted by Gasteiger charge is 2.15. The first-order chi connectivity index (χ1) is 9.25. The molecule has 2 aromatic carbocycles. The SMILES string of the molecule is Cc1cc(Cl)ccc1-c1cccc2c1OCCNC2. The zero-order valence-corrected chi connectivity index (χ0v) is 11.6. The van der Waals surface area contributed by atoms with E-state index in [1.165, 1.54) is 16.7 Å². The molecule has 0 unspecified atom stereocenters. The summed E-state index contributed by atoms with van der Waals surface area (Å²) in [5.41, 5.74) is 4.71. The second-order valence-corrected chi connectivity index (χ2v) is 5.21. The third-order valence-electron chi connectivity index (χ3n) is 3.42. The van der Waals surface area contributed by atoms with Gasteiger partial charge in [-0.1, -0.05) is 35.9 Å². The average molecular weight is 274 g/mol. The van der Waals surface area contributed by atoms with Crippen LogP contribution in [0.5, 0.6) is 5.75 Å². The van der Waals surface area contributed by atoms with Gasteiger partial charge in [0.05, 0.1) is 0 Å². The van der Waals surface area contributed by atoms with Crippen LogP contribution >= 0.6 is 11.6 Å². The van der Waals surface area contributed by atoms with E-state index in [-0.39, 0.29) is 0 Å². The van der Waals surface area contributed by atoms with E-state index in [1.807, 2.05) is 12.1 Å². The molecule has 1 aliphatic heterocycles. The summed E-state index contributed by atoms with van der Waals surface area (Å²) in [4.78, 5) is 0. The summed E-state index contributed by atoms with van der Waals surface area (Å²) >= 11 is 6.03. The van der Waals surface area contributed by atoms with Gasteiger partial charge < -0.3 is 10.1 Å². The van der Waals surface area contributed by atoms with Crippen LogP contribution in [0.3, 0.4) is 0 Å². The van der Waals surface area contributed by atoms with Gasteiger partial charge in [-0.3, -0.25) is 0 Å². The lowest BCUT2D eigenvalue weighted by Crippen LogP contribution is -2.16. The van der Waals surface area contributed by atoms with Crippen molar-refractivity contribution in [2.45, 2.75) is 13.5 Å². The van der Waals surface area contributed by atoms with E-state index in [0.29, 0.717) is 6.61 Å². The Balaban J connectivity index is 2.14. The number of ether oxygens (including phenoxy) is 1. The summed E-state index contributed by atoms with van der Waals surface area (Å²) < 4.78 is 5.92. The molecular formula is C16H16ClNO. The van der Waals surface area contributed by atoms with Crippen LogP contribution in [0.4, 0.5) is 0 Å². The molecule has 0 aliphatic carbocycles. The van der Waals surface area contributed by atoms with Gasteiger partial charge >= 0.3 is 0 Å². The Morgan fingerprint density at radius 2 is 2.05 bits per heavy atom. The van der Waals surface area contributed by atoms with E-state index in [9.17, 15) is 0 Å². The molecule has 0 fully saturated rings. The van der Waals surface area contributed by atoms with Crippen LogP contribution < -0.4 is 10.1 Å². The van der Waals surface area contributed by atoms with Gasteiger partial charge in [-0.15, -0.1) is 0 Å². The Morgan fingerprint density at radius 1 is 1.16 bits per heavy atom. The maximum atomic E-state index is 6.03. The minimum atomic E-state index is 0.705. The van der Waals surface area contributed by atoms with E-state index >= 15 is 0 Å². The number of aryl methyl sites for hydroxylation is 1. The lowest BCUT2D eigenvalue weighted by Gasteiger charge is -2.14. The van der Waals surface area contributed by atoms with Crippen molar-refractivity contribution in [3.05, 3.63) is 52.5 Å². The van der Waals surface area contributed by atoms with Crippen LogP contribution in [-0.2, 0) is 6.54 Å². The Bertz CT molecular complexity index is 610. The van der Waals surface area contributed by atoms with Gasteiger partial charge in [-0.25, -0.2) is 0 Å². The van der Waals surface area contributed by atoms with Crippen LogP contribution in [0.15, 0.2) is 36.4 Å². The minimum absolute atomic E-state index is 0.705. The van der Waals surface area contributed by atoms with Crippen molar-refractivity contribution in [3.63, 3.8) is 0 Å². The largest absolute Gasteiger partial charge is 0.491 e. The molecule has 2 aromatic rings. The van der Waals surface area contributed by atoms with Gasteiger partial charge in [0.25, 0.3) is 0 Å². The predicted molar refractivity (Wildman–Crippen MR) is 78.8 cm³/mol. The molecular weight excluding hydrogens is 258 g/mol. The van der Waals surface area contributed by atoms with Crippen molar-refractivity contribution in [1.82, 2.24) is 5.32 Å². The number of fused-ring (bicyclic) bond motifs is 1. The van der Waals surface area contributed by atoms with Crippen molar-refractivity contribution >= 4 is 11.6 Å². The number of rotatable bonds is 1. The molecule has 0 bridgehead atoms. The van der Waals surface area contributed by atoms with Crippen molar-refractivity contribution < 1.29 is 4.74 Å². The summed E-state index contributed by atoms with van der Waals surface area (Å²) in [6, 6.07) is 12.3. The molecule has 19 heavy (non-hydrogen) atoms. The van der Waals surface area contributed by atoms with Crippen molar-refractivity contribution in [2.24, 2.45) is 0 Å². The van der Waals surface area contributed by atoms with E-state index in [0.717, 1.165) is 29.4 Å². The van der Waals surface area contributed by atoms with Gasteiger partial charge in [0.1, 0.15) is 12.4 Å². The van der Waals surface area contributed by atoms with Crippen LogP contribution in [0.1, 0.15) is 11.1 Å². The normalized spacial score (nSPS) is 14.4. The Kier molecular flexibility index (Phi) is 3.45. The first-order valence-corrected chi connectivity index (χ1v) is 6.85. The topological polar surface area (TPSA) is 21.3 Å². The molecule has 0 aromatic heterocycles. The summed E-state index contributed by atoms with van der Waals surface area (Å²) in [6.07, 6.45) is 0. The summed E-state index contributed by atoms with van der Waals surface area (Å²) in [5.74, 6) is 0.998. The fourth-order valence-electron chi connectivity index (χ4n) is 2.48. The van der Waals surface area contributed by atoms with E-state index in [1.54, 1.807) is 0 Å². The molecule has 0 spiro atoms. The maximum absolute atomic E-state index is 6.03. The third-order valence-corrected chi connectivity index (χ3v) is 3.65. The van der Waals surface area contributed by atoms with Gasteiger partial charge in [0.15, 0.2) is 0 Å². The first kappa shape index (κ1) is 12.5. The quantitative estimate of drug-likeness (QED) is 0.853. The van der Waals surface area contributed by atoms with Crippen molar-refractivity contribution in [2.75, 3.05) is 13.2 Å². The van der Waals surface area contributed by atoms with Crippen LogP contribution in [0.25, 0.3) is 11.1 Å². The Labute approximate surface area is 118 Å². The fraction of sp³-hybridized carbons (Fsp3) is 0.250. The van der Waals surface area contributed by atoms with E-state index in [4.69, 9.17) is 16.3 Å². The first-order valence-electron chi connectivity index (χ1n) is 6.47. The standard InChI is InChI=1S/C16H16ClNO/c1-11-9-13(17)5-6-14(11)15-4-2-3-12-10-18-7-8-19-16(12)15/h2-6,9,18H,7-8,10H2,1H3. The highest BCUT2D eigenvalue weighted by molar-refractivity contribution is 6.30. The van der Waals surface area contributed by atoms with Gasteiger partial charge in [-0.05, 0) is 30.2 Å². The number of hydrogen-bond donors (Lipinski definition) is 1. The van der Waals surface area contributed by atoms with Crippen LogP contribution in [0, 0.1) is 6.92 Å². The lowest BCUT2D eigenvalue weighted by molar-refractivity contribution is 0.327. The van der Waals surface area contributed by atoms with Gasteiger partial charge in [0.2, 0.25) is 0 Å². The molecule has 0 radical (unpaired) electrons. The molecule has 1 N–H and O–H groups in total. The number of nitrogens with one attached hydrogen (secondary N) is 1. The molecule has 98 valence electrons. The second-order valence-electron chi connectivity index (χ2n) is 4.78. The number of hydrogen-bond acceptors (Lipinski definition) is 2. The maximum Gasteiger partial charge on any atom is 0.131 e. The smallest absolute Gasteiger partial charge is 0.131 e. The van der Waals surface area contributed by atoms with Crippen molar-refractivity contribution in [1.29, 1.82) is 0 Å². The number of halogens is 1. The molecule has 1 heterocycles. The zero-order chi connectivity index (χ0) is 13.2. The molecule has 1 aliphatic rings. The number of para-hydroxylation sites is 1. The van der Waals surface area contributed by atoms with Crippen LogP contribution in [0.2, 0.25) is 5.02 Å². The summed E-state index contributed by atoms with van der Waals surface area (Å²) in [6.45, 7) is 4.52. The van der Waals surface area contributed by atoms with Gasteiger partial charge in [-0.2, -0.15) is 0 Å². The minimum Gasteiger partial charge on any atom is -0.491 e. The van der Waals surface area contributed by atoms with E-state index in [2.05, 4.69) is 36.5 Å². The monoisotopic (exact) mass is 273 g/mol. The molecule has 3 heteroatoms. The molecule has 0 saturated heterocycles. The summed E-state index contributed by atoms with van der Waals surface area (Å²) in [7, 11) is 0. The van der Waals surface area contributed by atoms with Crippen molar-refractivity contribution in [3.8, 4) is 16.9 Å². The van der Waals surface area contributed by atoms with Crippen LogP contribution in [-0.4, -0.2) is 13.2 Å². The van der Waals surface area contributed by atoms with E-state index < -0.39 is 0 Å². The molecule has 0 saturated carbocycles. The molecule has 3 rings (SSSR count). The third kappa shape index (κ3) is 2.46. The fourth-order valence-corrected chi connectivity index (χ4v) is 2.71. The number of benzene rings is 2. The summed E-state index contributed by atoms with van der Waals surface area (Å²) in [5, 5.41) is 4.13. The molecule has 2 nitrogen and oxygen atoms in total. The Hall–Kier alpha value is -1.51. The van der Waals surface area contributed by atoms with Gasteiger partial charge in [0, 0.05) is 29.2 Å². The molecule has 0 atom stereocenters.